The fraction of sp³-hybridized carbons (Fsp3) is 0.619. The maximum atomic E-state index is 13.8. The van der Waals surface area contributed by atoms with Crippen LogP contribution in [0.25, 0.3) is 0 Å². The third-order valence-corrected chi connectivity index (χ3v) is 6.18. The number of amides is 2. The molecule has 0 radical (unpaired) electrons. The molecule has 1 aromatic rings. The van der Waals surface area contributed by atoms with Gasteiger partial charge in [0.2, 0.25) is 5.91 Å². The highest BCUT2D eigenvalue weighted by molar-refractivity contribution is 5.98. The SMILES string of the molecule is NC[C@@H](C(=O)Nc1ccc(N2CCOCC2=O)cc1C(F)F)N(C1CCC1)C1CC1. The van der Waals surface area contributed by atoms with E-state index in [1.165, 1.54) is 17.0 Å². The van der Waals surface area contributed by atoms with Crippen molar-refractivity contribution in [3.8, 4) is 0 Å². The Kier molecular flexibility index (Phi) is 6.31. The van der Waals surface area contributed by atoms with Crippen molar-refractivity contribution in [1.82, 2.24) is 4.90 Å². The van der Waals surface area contributed by atoms with Crippen LogP contribution in [-0.2, 0) is 14.3 Å². The first kappa shape index (κ1) is 21.1. The lowest BCUT2D eigenvalue weighted by Gasteiger charge is -2.41. The average Bonchev–Trinajstić information content (AvgIpc) is 3.52. The predicted octanol–water partition coefficient (Wildman–Crippen LogP) is 2.27. The van der Waals surface area contributed by atoms with Crippen molar-refractivity contribution >= 4 is 23.2 Å². The molecule has 2 aliphatic carbocycles. The molecule has 1 aliphatic heterocycles. The summed E-state index contributed by atoms with van der Waals surface area (Å²) in [5.41, 5.74) is 6.06. The number of hydrogen-bond donors (Lipinski definition) is 2. The number of carbonyl (C=O) groups excluding carboxylic acids is 2. The number of halogens is 2. The molecule has 2 saturated carbocycles. The van der Waals surface area contributed by atoms with Gasteiger partial charge in [-0.15, -0.1) is 0 Å². The van der Waals surface area contributed by atoms with Gasteiger partial charge in [-0.2, -0.15) is 0 Å². The Morgan fingerprint density at radius 2 is 2.00 bits per heavy atom. The van der Waals surface area contributed by atoms with Gasteiger partial charge >= 0.3 is 0 Å². The topological polar surface area (TPSA) is 87.9 Å². The molecule has 4 rings (SSSR count). The minimum Gasteiger partial charge on any atom is -0.370 e. The monoisotopic (exact) mass is 422 g/mol. The molecular formula is C21H28F2N4O3. The fourth-order valence-corrected chi connectivity index (χ4v) is 4.25. The van der Waals surface area contributed by atoms with E-state index in [0.717, 1.165) is 32.1 Å². The molecular weight excluding hydrogens is 394 g/mol. The number of alkyl halides is 2. The van der Waals surface area contributed by atoms with Gasteiger partial charge in [0.1, 0.15) is 12.6 Å². The van der Waals surface area contributed by atoms with Gasteiger partial charge in [-0.25, -0.2) is 8.78 Å². The van der Waals surface area contributed by atoms with Crippen LogP contribution in [0.3, 0.4) is 0 Å². The third-order valence-electron chi connectivity index (χ3n) is 6.18. The second-order valence-corrected chi connectivity index (χ2v) is 8.17. The number of rotatable bonds is 8. The first-order valence-corrected chi connectivity index (χ1v) is 10.6. The van der Waals surface area contributed by atoms with Crippen LogP contribution in [-0.4, -0.2) is 61.1 Å². The zero-order chi connectivity index (χ0) is 21.3. The molecule has 3 N–H and O–H groups in total. The van der Waals surface area contributed by atoms with E-state index in [9.17, 15) is 18.4 Å². The molecule has 1 atom stereocenters. The Labute approximate surface area is 174 Å². The van der Waals surface area contributed by atoms with Crippen LogP contribution < -0.4 is 16.0 Å². The second kappa shape index (κ2) is 8.95. The third kappa shape index (κ3) is 4.33. The van der Waals surface area contributed by atoms with E-state index >= 15 is 0 Å². The molecule has 0 spiro atoms. The summed E-state index contributed by atoms with van der Waals surface area (Å²) < 4.78 is 32.7. The zero-order valence-corrected chi connectivity index (χ0v) is 16.9. The Morgan fingerprint density at radius 3 is 2.57 bits per heavy atom. The van der Waals surface area contributed by atoms with Gasteiger partial charge in [-0.05, 0) is 43.9 Å². The van der Waals surface area contributed by atoms with Crippen molar-refractivity contribution in [3.05, 3.63) is 23.8 Å². The number of benzene rings is 1. The van der Waals surface area contributed by atoms with Crippen LogP contribution in [0.4, 0.5) is 20.2 Å². The van der Waals surface area contributed by atoms with Gasteiger partial charge in [0, 0.05) is 42.1 Å². The quantitative estimate of drug-likeness (QED) is 0.671. The molecule has 1 heterocycles. The second-order valence-electron chi connectivity index (χ2n) is 8.17. The van der Waals surface area contributed by atoms with Gasteiger partial charge in [0.05, 0.1) is 6.61 Å². The Morgan fingerprint density at radius 1 is 1.27 bits per heavy atom. The summed E-state index contributed by atoms with van der Waals surface area (Å²) in [4.78, 5) is 28.7. The summed E-state index contributed by atoms with van der Waals surface area (Å²) in [5.74, 6) is -0.629. The minimum absolute atomic E-state index is 0.0577. The summed E-state index contributed by atoms with van der Waals surface area (Å²) in [7, 11) is 0. The van der Waals surface area contributed by atoms with Crippen LogP contribution in [0, 0.1) is 0 Å². The number of nitrogens with one attached hydrogen (secondary N) is 1. The number of nitrogens with two attached hydrogens (primary N) is 1. The van der Waals surface area contributed by atoms with Gasteiger partial charge < -0.3 is 20.7 Å². The van der Waals surface area contributed by atoms with Gasteiger partial charge in [-0.1, -0.05) is 6.42 Å². The van der Waals surface area contributed by atoms with E-state index in [0.29, 0.717) is 30.9 Å². The van der Waals surface area contributed by atoms with Gasteiger partial charge in [0.25, 0.3) is 12.3 Å². The summed E-state index contributed by atoms with van der Waals surface area (Å²) in [6.45, 7) is 0.729. The lowest BCUT2D eigenvalue weighted by molar-refractivity contribution is -0.125. The molecule has 7 nitrogen and oxygen atoms in total. The van der Waals surface area contributed by atoms with Crippen molar-refractivity contribution < 1.29 is 23.1 Å². The van der Waals surface area contributed by atoms with Crippen LogP contribution >= 0.6 is 0 Å². The van der Waals surface area contributed by atoms with Crippen molar-refractivity contribution in [1.29, 1.82) is 0 Å². The molecule has 0 bridgehead atoms. The zero-order valence-electron chi connectivity index (χ0n) is 16.9. The number of nitrogens with zero attached hydrogens (tertiary/aromatic N) is 2. The molecule has 3 fully saturated rings. The molecule has 9 heteroatoms. The average molecular weight is 422 g/mol. The lowest BCUT2D eigenvalue weighted by Crippen LogP contribution is -2.55. The molecule has 164 valence electrons. The van der Waals surface area contributed by atoms with Crippen LogP contribution in [0.1, 0.15) is 44.1 Å². The predicted molar refractivity (Wildman–Crippen MR) is 109 cm³/mol. The standard InChI is InChI=1S/C21H28F2N4O3/c22-20(23)16-10-15(26-8-9-30-12-19(26)28)6-7-17(16)25-21(29)18(11-24)27(14-4-5-14)13-2-1-3-13/h6-7,10,13-14,18,20H,1-5,8-9,11-12,24H2,(H,25,29)/t18-/m0/s1. The summed E-state index contributed by atoms with van der Waals surface area (Å²) >= 11 is 0. The summed E-state index contributed by atoms with van der Waals surface area (Å²) in [6, 6.07) is 4.46. The van der Waals surface area contributed by atoms with Crippen molar-refractivity contribution in [2.45, 2.75) is 56.7 Å². The van der Waals surface area contributed by atoms with E-state index in [1.807, 2.05) is 0 Å². The highest BCUT2D eigenvalue weighted by Crippen LogP contribution is 2.38. The number of ether oxygens (including phenoxy) is 1. The lowest BCUT2D eigenvalue weighted by atomic mass is 9.90. The maximum absolute atomic E-state index is 13.8. The van der Waals surface area contributed by atoms with Crippen molar-refractivity contribution in [2.75, 3.05) is 36.5 Å². The van der Waals surface area contributed by atoms with Crippen LogP contribution in [0.15, 0.2) is 18.2 Å². The Balaban J connectivity index is 1.53. The number of anilines is 2. The first-order chi connectivity index (χ1) is 14.5. The maximum Gasteiger partial charge on any atom is 0.265 e. The smallest absolute Gasteiger partial charge is 0.265 e. The first-order valence-electron chi connectivity index (χ1n) is 10.6. The van der Waals surface area contributed by atoms with E-state index in [4.69, 9.17) is 10.5 Å². The van der Waals surface area contributed by atoms with Crippen molar-refractivity contribution in [3.63, 3.8) is 0 Å². The van der Waals surface area contributed by atoms with Crippen LogP contribution in [0.2, 0.25) is 0 Å². The van der Waals surface area contributed by atoms with E-state index in [2.05, 4.69) is 10.2 Å². The minimum atomic E-state index is -2.79. The normalized spacial score (nSPS) is 21.1. The molecule has 2 amide bonds. The van der Waals surface area contributed by atoms with Gasteiger partial charge in [-0.3, -0.25) is 14.5 Å². The van der Waals surface area contributed by atoms with E-state index in [1.54, 1.807) is 6.07 Å². The highest BCUT2D eigenvalue weighted by atomic mass is 19.3. The number of morpholine rings is 1. The largest absolute Gasteiger partial charge is 0.370 e. The van der Waals surface area contributed by atoms with Crippen molar-refractivity contribution in [2.24, 2.45) is 5.73 Å². The molecule has 3 aliphatic rings. The van der Waals surface area contributed by atoms with E-state index in [-0.39, 0.29) is 36.2 Å². The Hall–Kier alpha value is -2.10. The van der Waals surface area contributed by atoms with E-state index < -0.39 is 12.5 Å². The van der Waals surface area contributed by atoms with Crippen LogP contribution in [0.5, 0.6) is 0 Å². The molecule has 0 aromatic heterocycles. The summed E-state index contributed by atoms with van der Waals surface area (Å²) in [5, 5.41) is 2.68. The van der Waals surface area contributed by atoms with Gasteiger partial charge in [0.15, 0.2) is 0 Å². The molecule has 1 saturated heterocycles. The molecule has 0 unspecified atom stereocenters. The fourth-order valence-electron chi connectivity index (χ4n) is 4.25. The molecule has 30 heavy (non-hydrogen) atoms. The highest BCUT2D eigenvalue weighted by Gasteiger charge is 2.42. The summed E-state index contributed by atoms with van der Waals surface area (Å²) in [6.07, 6.45) is 2.54. The number of carbonyl (C=O) groups is 2. The number of hydrogen-bond acceptors (Lipinski definition) is 5. The Bertz CT molecular complexity index is 798. The molecule has 1 aromatic carbocycles.